The second-order valence-corrected chi connectivity index (χ2v) is 4.95. The minimum absolute atomic E-state index is 0.0320. The van der Waals surface area contributed by atoms with Gasteiger partial charge in [0.25, 0.3) is 0 Å². The maximum absolute atomic E-state index is 10.9. The maximum Gasteiger partial charge on any atom is 0.221 e. The summed E-state index contributed by atoms with van der Waals surface area (Å²) in [5.41, 5.74) is 1.79. The van der Waals surface area contributed by atoms with Crippen LogP contribution in [0.2, 0.25) is 0 Å². The third-order valence-electron chi connectivity index (χ3n) is 2.69. The fourth-order valence-electron chi connectivity index (χ4n) is 1.75. The van der Waals surface area contributed by atoms with Crippen LogP contribution in [-0.2, 0) is 4.79 Å². The average molecular weight is 317 g/mol. The van der Waals surface area contributed by atoms with Crippen LogP contribution in [0.3, 0.4) is 0 Å². The lowest BCUT2D eigenvalue weighted by Gasteiger charge is -2.12. The minimum Gasteiger partial charge on any atom is -0.508 e. The zero-order chi connectivity index (χ0) is 16.1. The number of benzene rings is 2. The van der Waals surface area contributed by atoms with Gasteiger partial charge in [0.05, 0.1) is 5.69 Å². The molecule has 114 valence electrons. The van der Waals surface area contributed by atoms with Crippen molar-refractivity contribution < 1.29 is 15.0 Å². The van der Waals surface area contributed by atoms with Gasteiger partial charge < -0.3 is 26.2 Å². The highest BCUT2D eigenvalue weighted by molar-refractivity contribution is 7.80. The molecule has 0 unspecified atom stereocenters. The Morgan fingerprint density at radius 3 is 2.09 bits per heavy atom. The molecular weight excluding hydrogens is 302 g/mol. The largest absolute Gasteiger partial charge is 0.508 e. The fraction of sp³-hybridized carbons (Fsp3) is 0.0667. The van der Waals surface area contributed by atoms with E-state index < -0.39 is 0 Å². The molecule has 0 saturated carbocycles. The first-order valence-corrected chi connectivity index (χ1v) is 6.82. The number of carbonyl (C=O) groups excluding carboxylic acids is 1. The summed E-state index contributed by atoms with van der Waals surface area (Å²) in [5.74, 6) is -0.277. The van der Waals surface area contributed by atoms with E-state index in [-0.39, 0.29) is 22.5 Å². The van der Waals surface area contributed by atoms with Gasteiger partial charge in [-0.1, -0.05) is 0 Å². The van der Waals surface area contributed by atoms with Gasteiger partial charge in [-0.25, -0.2) is 0 Å². The molecule has 0 aromatic heterocycles. The fourth-order valence-corrected chi connectivity index (χ4v) is 1.98. The van der Waals surface area contributed by atoms with E-state index in [9.17, 15) is 15.0 Å². The van der Waals surface area contributed by atoms with Crippen molar-refractivity contribution in [2.45, 2.75) is 6.92 Å². The molecule has 0 atom stereocenters. The summed E-state index contributed by atoms with van der Waals surface area (Å²) in [5, 5.41) is 27.6. The number of phenolic OH excluding ortho intramolecular Hbond substituents is 2. The lowest BCUT2D eigenvalue weighted by Crippen LogP contribution is -2.19. The molecule has 0 aliphatic heterocycles. The molecule has 5 N–H and O–H groups in total. The number of nitrogens with one attached hydrogen (secondary N) is 3. The van der Waals surface area contributed by atoms with Gasteiger partial charge in [0.2, 0.25) is 5.91 Å². The number of aromatic hydroxyl groups is 2. The number of anilines is 3. The zero-order valence-corrected chi connectivity index (χ0v) is 12.6. The number of carbonyl (C=O) groups is 1. The van der Waals surface area contributed by atoms with Crippen molar-refractivity contribution in [3.05, 3.63) is 42.5 Å². The van der Waals surface area contributed by atoms with Gasteiger partial charge in [-0.3, -0.25) is 4.79 Å². The van der Waals surface area contributed by atoms with Crippen molar-refractivity contribution in [3.63, 3.8) is 0 Å². The molecule has 0 bridgehead atoms. The third-order valence-corrected chi connectivity index (χ3v) is 2.90. The molecule has 2 aromatic rings. The first-order valence-electron chi connectivity index (χ1n) is 6.41. The molecule has 6 nitrogen and oxygen atoms in total. The van der Waals surface area contributed by atoms with E-state index in [1.807, 2.05) is 0 Å². The van der Waals surface area contributed by atoms with E-state index in [1.165, 1.54) is 25.1 Å². The van der Waals surface area contributed by atoms with Crippen LogP contribution in [0.1, 0.15) is 6.92 Å². The summed E-state index contributed by atoms with van der Waals surface area (Å²) in [6.45, 7) is 1.44. The van der Waals surface area contributed by atoms with Crippen LogP contribution in [-0.4, -0.2) is 21.2 Å². The number of amides is 1. The lowest BCUT2D eigenvalue weighted by atomic mass is 10.2. The van der Waals surface area contributed by atoms with Crippen LogP contribution >= 0.6 is 12.2 Å². The van der Waals surface area contributed by atoms with Gasteiger partial charge in [0.1, 0.15) is 11.5 Å². The van der Waals surface area contributed by atoms with Gasteiger partial charge in [-0.05, 0) is 48.6 Å². The van der Waals surface area contributed by atoms with Gasteiger partial charge in [0.15, 0.2) is 5.11 Å². The SMILES string of the molecule is CC(=O)Nc1ccc(NC(=S)Nc2ccc(O)cc2O)cc1. The Morgan fingerprint density at radius 1 is 0.955 bits per heavy atom. The monoisotopic (exact) mass is 317 g/mol. The standard InChI is InChI=1S/C15H15N3O3S/c1-9(19)16-10-2-4-11(5-3-10)17-15(22)18-13-7-6-12(20)8-14(13)21/h2-8,20-21H,1H3,(H,16,19)(H2,17,18,22). The Labute approximate surface area is 132 Å². The molecule has 2 rings (SSSR count). The first kappa shape index (κ1) is 15.6. The molecule has 2 aromatic carbocycles. The average Bonchev–Trinajstić information content (AvgIpc) is 2.43. The summed E-state index contributed by atoms with van der Waals surface area (Å²) < 4.78 is 0. The van der Waals surface area contributed by atoms with Crippen LogP contribution in [0, 0.1) is 0 Å². The lowest BCUT2D eigenvalue weighted by molar-refractivity contribution is -0.114. The summed E-state index contributed by atoms with van der Waals surface area (Å²) in [4.78, 5) is 10.9. The Bertz CT molecular complexity index is 702. The van der Waals surface area contributed by atoms with Crippen molar-refractivity contribution in [2.24, 2.45) is 0 Å². The predicted octanol–water partition coefficient (Wildman–Crippen LogP) is 2.87. The molecule has 0 radical (unpaired) electrons. The highest BCUT2D eigenvalue weighted by Gasteiger charge is 2.05. The van der Waals surface area contributed by atoms with Crippen molar-refractivity contribution in [2.75, 3.05) is 16.0 Å². The highest BCUT2D eigenvalue weighted by Crippen LogP contribution is 2.27. The first-order chi connectivity index (χ1) is 10.4. The van der Waals surface area contributed by atoms with E-state index >= 15 is 0 Å². The molecule has 0 saturated heterocycles. The molecule has 0 aliphatic rings. The Balaban J connectivity index is 1.98. The van der Waals surface area contributed by atoms with E-state index in [0.717, 1.165) is 5.69 Å². The Kier molecular flexibility index (Phi) is 4.80. The molecule has 22 heavy (non-hydrogen) atoms. The summed E-state index contributed by atoms with van der Waals surface area (Å²) in [6.07, 6.45) is 0. The summed E-state index contributed by atoms with van der Waals surface area (Å²) in [7, 11) is 0. The molecule has 0 heterocycles. The van der Waals surface area contributed by atoms with Crippen LogP contribution in [0.25, 0.3) is 0 Å². The topological polar surface area (TPSA) is 93.6 Å². The number of hydrogen-bond donors (Lipinski definition) is 5. The number of phenols is 2. The van der Waals surface area contributed by atoms with Crippen molar-refractivity contribution in [1.29, 1.82) is 0 Å². The van der Waals surface area contributed by atoms with Crippen LogP contribution in [0.4, 0.5) is 17.1 Å². The molecule has 0 aliphatic carbocycles. The highest BCUT2D eigenvalue weighted by atomic mass is 32.1. The van der Waals surface area contributed by atoms with Gasteiger partial charge in [-0.15, -0.1) is 0 Å². The van der Waals surface area contributed by atoms with Gasteiger partial charge in [-0.2, -0.15) is 0 Å². The van der Waals surface area contributed by atoms with Gasteiger partial charge in [0, 0.05) is 24.4 Å². The number of hydrogen-bond acceptors (Lipinski definition) is 4. The van der Waals surface area contributed by atoms with E-state index in [2.05, 4.69) is 16.0 Å². The normalized spacial score (nSPS) is 9.86. The van der Waals surface area contributed by atoms with Crippen LogP contribution < -0.4 is 16.0 Å². The van der Waals surface area contributed by atoms with Crippen LogP contribution in [0.15, 0.2) is 42.5 Å². The smallest absolute Gasteiger partial charge is 0.221 e. The molecule has 0 fully saturated rings. The molecule has 0 spiro atoms. The molecular formula is C15H15N3O3S. The van der Waals surface area contributed by atoms with Gasteiger partial charge >= 0.3 is 0 Å². The van der Waals surface area contributed by atoms with Crippen molar-refractivity contribution in [1.82, 2.24) is 0 Å². The minimum atomic E-state index is -0.138. The third kappa shape index (κ3) is 4.35. The number of thiocarbonyl (C=S) groups is 1. The second kappa shape index (κ2) is 6.77. The molecule has 7 heteroatoms. The summed E-state index contributed by atoms with van der Waals surface area (Å²) in [6, 6.07) is 11.2. The second-order valence-electron chi connectivity index (χ2n) is 4.54. The van der Waals surface area contributed by atoms with E-state index in [1.54, 1.807) is 24.3 Å². The zero-order valence-electron chi connectivity index (χ0n) is 11.8. The predicted molar refractivity (Wildman–Crippen MR) is 90.4 cm³/mol. The van der Waals surface area contributed by atoms with Crippen LogP contribution in [0.5, 0.6) is 11.5 Å². The van der Waals surface area contributed by atoms with E-state index in [0.29, 0.717) is 11.4 Å². The quantitative estimate of drug-likeness (QED) is 0.339. The van der Waals surface area contributed by atoms with Crippen molar-refractivity contribution >= 4 is 40.3 Å². The molecule has 1 amide bonds. The Morgan fingerprint density at radius 2 is 1.55 bits per heavy atom. The maximum atomic E-state index is 10.9. The number of rotatable bonds is 3. The van der Waals surface area contributed by atoms with E-state index in [4.69, 9.17) is 12.2 Å². The Hall–Kier alpha value is -2.80. The van der Waals surface area contributed by atoms with Crippen molar-refractivity contribution in [3.8, 4) is 11.5 Å². The summed E-state index contributed by atoms with van der Waals surface area (Å²) >= 11 is 5.15.